The highest BCUT2D eigenvalue weighted by Gasteiger charge is 2.34. The molecule has 27 heavy (non-hydrogen) atoms. The van der Waals surface area contributed by atoms with E-state index in [1.807, 2.05) is 6.92 Å². The van der Waals surface area contributed by atoms with Crippen LogP contribution in [0.3, 0.4) is 0 Å². The number of benzene rings is 2. The minimum Gasteiger partial charge on any atom is -0.315 e. The molecule has 0 aliphatic rings. The molecule has 0 radical (unpaired) electrons. The van der Waals surface area contributed by atoms with Crippen LogP contribution in [0.15, 0.2) is 60.7 Å². The first kappa shape index (κ1) is 21.0. The quantitative estimate of drug-likeness (QED) is 0.474. The Labute approximate surface area is 160 Å². The highest BCUT2D eigenvalue weighted by atomic mass is 32.2. The van der Waals surface area contributed by atoms with E-state index in [0.717, 1.165) is 12.8 Å². The molecule has 1 N–H and O–H groups in total. The number of carbonyl (C=O) groups excluding carboxylic acids is 2. The smallest absolute Gasteiger partial charge is 0.182 e. The Balaban J connectivity index is 2.22. The molecule has 0 heterocycles. The zero-order chi connectivity index (χ0) is 19.7. The van der Waals surface area contributed by atoms with Gasteiger partial charge in [0.15, 0.2) is 21.4 Å². The van der Waals surface area contributed by atoms with Gasteiger partial charge in [-0.1, -0.05) is 74.0 Å². The fourth-order valence-electron chi connectivity index (χ4n) is 2.70. The maximum atomic E-state index is 12.9. The van der Waals surface area contributed by atoms with E-state index >= 15 is 0 Å². The van der Waals surface area contributed by atoms with Crippen molar-refractivity contribution in [2.45, 2.75) is 25.0 Å². The van der Waals surface area contributed by atoms with Crippen LogP contribution < -0.4 is 5.32 Å². The van der Waals surface area contributed by atoms with Gasteiger partial charge in [-0.15, -0.1) is 0 Å². The summed E-state index contributed by atoms with van der Waals surface area (Å²) in [6, 6.07) is 16.6. The van der Waals surface area contributed by atoms with Crippen molar-refractivity contribution in [3.63, 3.8) is 0 Å². The number of Topliss-reactive ketones (excluding diaryl/α,β-unsaturated/α-hetero) is 2. The highest BCUT2D eigenvalue weighted by molar-refractivity contribution is 7.93. The lowest BCUT2D eigenvalue weighted by Gasteiger charge is -2.17. The minimum atomic E-state index is -3.97. The van der Waals surface area contributed by atoms with Crippen LogP contribution in [0.2, 0.25) is 0 Å². The first-order valence-electron chi connectivity index (χ1n) is 9.05. The normalized spacial score (nSPS) is 12.5. The van der Waals surface area contributed by atoms with Gasteiger partial charge in [0.1, 0.15) is 11.0 Å². The van der Waals surface area contributed by atoms with E-state index in [2.05, 4.69) is 5.32 Å². The van der Waals surface area contributed by atoms with Gasteiger partial charge in [-0.2, -0.15) is 0 Å². The number of sulfone groups is 1. The molecule has 2 aromatic carbocycles. The number of ketones is 2. The molecule has 0 bridgehead atoms. The van der Waals surface area contributed by atoms with E-state index in [9.17, 15) is 18.0 Å². The van der Waals surface area contributed by atoms with Crippen molar-refractivity contribution >= 4 is 21.4 Å². The largest absolute Gasteiger partial charge is 0.315 e. The number of hydrogen-bond acceptors (Lipinski definition) is 5. The lowest BCUT2D eigenvalue weighted by Crippen LogP contribution is -2.42. The van der Waals surface area contributed by atoms with Crippen LogP contribution in [0.5, 0.6) is 0 Å². The highest BCUT2D eigenvalue weighted by Crippen LogP contribution is 2.13. The second-order valence-corrected chi connectivity index (χ2v) is 8.56. The molecule has 0 saturated heterocycles. The summed E-state index contributed by atoms with van der Waals surface area (Å²) >= 11 is 0. The molecule has 1 atom stereocenters. The van der Waals surface area contributed by atoms with Gasteiger partial charge in [-0.3, -0.25) is 9.59 Å². The first-order chi connectivity index (χ1) is 13.0. The third-order valence-corrected chi connectivity index (χ3v) is 6.16. The molecule has 0 spiro atoms. The van der Waals surface area contributed by atoms with Crippen molar-refractivity contribution in [1.29, 1.82) is 0 Å². The minimum absolute atomic E-state index is 0.00185. The number of unbranched alkanes of at least 4 members (excludes halogenated alkanes) is 1. The fourth-order valence-corrected chi connectivity index (χ4v) is 4.26. The van der Waals surface area contributed by atoms with Gasteiger partial charge >= 0.3 is 0 Å². The first-order valence-corrected chi connectivity index (χ1v) is 10.8. The van der Waals surface area contributed by atoms with Crippen LogP contribution in [-0.2, 0) is 9.84 Å². The Bertz CT molecular complexity index is 848. The van der Waals surface area contributed by atoms with Crippen molar-refractivity contribution < 1.29 is 18.0 Å². The zero-order valence-electron chi connectivity index (χ0n) is 15.4. The number of rotatable bonds is 11. The molecule has 6 heteroatoms. The lowest BCUT2D eigenvalue weighted by molar-refractivity contribution is 0.0986. The Hall–Kier alpha value is -2.31. The average molecular weight is 388 g/mol. The van der Waals surface area contributed by atoms with Crippen LogP contribution in [0.4, 0.5) is 0 Å². The Morgan fingerprint density at radius 3 is 2.04 bits per heavy atom. The second-order valence-electron chi connectivity index (χ2n) is 6.37. The standard InChI is InChI=1S/C21H25NO4S/c1-2-3-14-22-15-20(21(24)18-12-8-5-9-13-18)27(25,26)16-19(23)17-10-6-4-7-11-17/h4-13,20,22H,2-3,14-16H2,1H3. The Morgan fingerprint density at radius 1 is 0.926 bits per heavy atom. The van der Waals surface area contributed by atoms with Crippen molar-refractivity contribution in [2.24, 2.45) is 0 Å². The summed E-state index contributed by atoms with van der Waals surface area (Å²) in [7, 11) is -3.97. The van der Waals surface area contributed by atoms with Gasteiger partial charge in [0.05, 0.1) is 0 Å². The predicted molar refractivity (Wildman–Crippen MR) is 107 cm³/mol. The average Bonchev–Trinajstić information content (AvgIpc) is 2.68. The van der Waals surface area contributed by atoms with E-state index in [0.29, 0.717) is 17.7 Å². The molecule has 0 fully saturated rings. The van der Waals surface area contributed by atoms with E-state index in [1.165, 1.54) is 0 Å². The maximum absolute atomic E-state index is 12.9. The summed E-state index contributed by atoms with van der Waals surface area (Å²) in [5, 5.41) is 1.76. The summed E-state index contributed by atoms with van der Waals surface area (Å²) in [6.07, 6.45) is 1.85. The van der Waals surface area contributed by atoms with Gasteiger partial charge < -0.3 is 5.32 Å². The Kier molecular flexibility index (Phi) is 7.88. The van der Waals surface area contributed by atoms with E-state index < -0.39 is 32.4 Å². The monoisotopic (exact) mass is 387 g/mol. The molecule has 0 saturated carbocycles. The van der Waals surface area contributed by atoms with Crippen molar-refractivity contribution in [2.75, 3.05) is 18.8 Å². The topological polar surface area (TPSA) is 80.3 Å². The Morgan fingerprint density at radius 2 is 1.48 bits per heavy atom. The zero-order valence-corrected chi connectivity index (χ0v) is 16.2. The molecular formula is C21H25NO4S. The van der Waals surface area contributed by atoms with Gasteiger partial charge in [-0.05, 0) is 13.0 Å². The summed E-state index contributed by atoms with van der Waals surface area (Å²) < 4.78 is 25.8. The van der Waals surface area contributed by atoms with Crippen LogP contribution >= 0.6 is 0 Å². The van der Waals surface area contributed by atoms with Crippen LogP contribution in [0, 0.1) is 0 Å². The molecule has 2 rings (SSSR count). The van der Waals surface area contributed by atoms with Gasteiger partial charge in [0, 0.05) is 17.7 Å². The third-order valence-electron chi connectivity index (χ3n) is 4.25. The molecule has 144 valence electrons. The summed E-state index contributed by atoms with van der Waals surface area (Å²) in [5.74, 6) is -1.68. The second kappa shape index (κ2) is 10.1. The van der Waals surface area contributed by atoms with Gasteiger partial charge in [-0.25, -0.2) is 8.42 Å². The van der Waals surface area contributed by atoms with Gasteiger partial charge in [0.25, 0.3) is 0 Å². The predicted octanol–water partition coefficient (Wildman–Crippen LogP) is 2.93. The molecule has 0 aromatic heterocycles. The maximum Gasteiger partial charge on any atom is 0.182 e. The summed E-state index contributed by atoms with van der Waals surface area (Å²) in [4.78, 5) is 25.2. The van der Waals surface area contributed by atoms with E-state index in [4.69, 9.17) is 0 Å². The van der Waals surface area contributed by atoms with Crippen LogP contribution in [-0.4, -0.2) is 44.1 Å². The molecule has 0 aliphatic carbocycles. The van der Waals surface area contributed by atoms with E-state index in [1.54, 1.807) is 60.7 Å². The molecular weight excluding hydrogens is 362 g/mol. The number of hydrogen-bond donors (Lipinski definition) is 1. The molecule has 1 unspecified atom stereocenters. The SMILES string of the molecule is CCCCNCC(C(=O)c1ccccc1)S(=O)(=O)CC(=O)c1ccccc1. The van der Waals surface area contributed by atoms with E-state index in [-0.39, 0.29) is 6.54 Å². The van der Waals surface area contributed by atoms with Crippen molar-refractivity contribution in [3.05, 3.63) is 71.8 Å². The number of carbonyl (C=O) groups is 2. The lowest BCUT2D eigenvalue weighted by atomic mass is 10.1. The molecule has 5 nitrogen and oxygen atoms in total. The third kappa shape index (κ3) is 6.12. The summed E-state index contributed by atoms with van der Waals surface area (Å²) in [6.45, 7) is 2.65. The van der Waals surface area contributed by atoms with Crippen molar-refractivity contribution in [1.82, 2.24) is 5.32 Å². The van der Waals surface area contributed by atoms with Crippen LogP contribution in [0.1, 0.15) is 40.5 Å². The summed E-state index contributed by atoms with van der Waals surface area (Å²) in [5.41, 5.74) is 0.654. The van der Waals surface area contributed by atoms with Crippen LogP contribution in [0.25, 0.3) is 0 Å². The van der Waals surface area contributed by atoms with Crippen molar-refractivity contribution in [3.8, 4) is 0 Å². The number of nitrogens with one attached hydrogen (secondary N) is 1. The molecule has 0 aliphatic heterocycles. The molecule has 2 aromatic rings. The fraction of sp³-hybridized carbons (Fsp3) is 0.333. The molecule has 0 amide bonds. The van der Waals surface area contributed by atoms with Gasteiger partial charge in [0.2, 0.25) is 0 Å².